The molecule has 0 aliphatic heterocycles. The highest BCUT2D eigenvalue weighted by Gasteiger charge is 2.27. The van der Waals surface area contributed by atoms with Gasteiger partial charge in [-0.05, 0) is 109 Å². The van der Waals surface area contributed by atoms with Crippen LogP contribution in [0, 0.1) is 0 Å². The Morgan fingerprint density at radius 1 is 0.398 bits per heavy atom. The first kappa shape index (κ1) is 85.2. The SMILES string of the molecule is CCCCC/C=C\C/C=C\C/C=C\CCCCCCCCCCCCCCCCC(=O)OC(/C=C/CCCCCCCCCCCC)C(COP(=O)([O-])OCC[N+](C)(C)C)NC(=O)CCCCCCCCCCCC/C=C\C/C=C\C/C=C\CCCCC. The van der Waals surface area contributed by atoms with Gasteiger partial charge in [-0.3, -0.25) is 14.2 Å². The Bertz CT molecular complexity index is 1780. The fourth-order valence-corrected chi connectivity index (χ4v) is 11.5. The third-order valence-corrected chi connectivity index (χ3v) is 17.5. The van der Waals surface area contributed by atoms with Gasteiger partial charge in [0.25, 0.3) is 7.82 Å². The van der Waals surface area contributed by atoms with Gasteiger partial charge >= 0.3 is 5.97 Å². The lowest BCUT2D eigenvalue weighted by Crippen LogP contribution is -2.47. The molecule has 512 valence electrons. The van der Waals surface area contributed by atoms with Crippen molar-refractivity contribution in [3.05, 3.63) is 85.1 Å². The first-order chi connectivity index (χ1) is 42.9. The van der Waals surface area contributed by atoms with Crippen LogP contribution in [0.5, 0.6) is 0 Å². The number of unbranched alkanes of at least 4 members (excludes halogenated alkanes) is 40. The molecular weight excluding hydrogens is 1110 g/mol. The molecule has 0 fully saturated rings. The lowest BCUT2D eigenvalue weighted by Gasteiger charge is -2.30. The van der Waals surface area contributed by atoms with Gasteiger partial charge in [-0.1, -0.05) is 312 Å². The van der Waals surface area contributed by atoms with Crippen LogP contribution < -0.4 is 10.2 Å². The van der Waals surface area contributed by atoms with E-state index in [1.54, 1.807) is 0 Å². The number of carbonyl (C=O) groups excluding carboxylic acids is 2. The standard InChI is InChI=1S/C78H143N2O7P/c1-7-10-13-16-19-22-25-28-30-32-34-36-38-39-40-41-43-45-47-49-51-53-56-59-62-65-68-71-78(82)87-76(69-66-63-60-57-54-27-24-21-18-15-12-9-3)75(74-86-88(83,84)85-73-72-80(4,5)6)79-77(81)70-67-64-61-58-55-52-50-48-46-44-42-37-35-33-31-29-26-23-20-17-14-11-8-2/h19-20,22-23,28-31,34-37,66,69,75-76H,7-18,21,24-27,32-33,38-65,67-68,70-74H2,1-6H3,(H-,79,81,83,84)/b22-19-,23-20-,30-28-,31-29-,36-34-,37-35-,69-66+. The van der Waals surface area contributed by atoms with Crippen LogP contribution in [0.3, 0.4) is 0 Å². The molecule has 10 heteroatoms. The number of nitrogens with zero attached hydrogens (tertiary/aromatic N) is 1. The summed E-state index contributed by atoms with van der Waals surface area (Å²) in [6, 6.07) is -0.895. The van der Waals surface area contributed by atoms with Crippen LogP contribution in [0.1, 0.15) is 348 Å². The van der Waals surface area contributed by atoms with Crippen LogP contribution in [0.2, 0.25) is 0 Å². The van der Waals surface area contributed by atoms with Gasteiger partial charge in [-0.15, -0.1) is 0 Å². The van der Waals surface area contributed by atoms with Gasteiger partial charge in [0.1, 0.15) is 19.3 Å². The van der Waals surface area contributed by atoms with E-state index in [-0.39, 0.29) is 24.9 Å². The second kappa shape index (κ2) is 67.1. The second-order valence-electron chi connectivity index (χ2n) is 26.4. The molecule has 1 amide bonds. The molecule has 0 rings (SSSR count). The lowest BCUT2D eigenvalue weighted by atomic mass is 10.0. The van der Waals surface area contributed by atoms with E-state index in [2.05, 4.69) is 99.0 Å². The summed E-state index contributed by atoms with van der Waals surface area (Å²) >= 11 is 0. The van der Waals surface area contributed by atoms with Crippen molar-refractivity contribution < 1.29 is 37.3 Å². The van der Waals surface area contributed by atoms with Crippen LogP contribution in [0.15, 0.2) is 85.1 Å². The number of likely N-dealkylation sites (N-methyl/N-ethyl adjacent to an activating group) is 1. The van der Waals surface area contributed by atoms with Crippen LogP contribution in [-0.2, 0) is 27.9 Å². The second-order valence-corrected chi connectivity index (χ2v) is 27.9. The smallest absolute Gasteiger partial charge is 0.306 e. The van der Waals surface area contributed by atoms with Crippen molar-refractivity contribution in [2.24, 2.45) is 0 Å². The zero-order valence-corrected chi connectivity index (χ0v) is 59.6. The Kier molecular flexibility index (Phi) is 64.9. The number of phosphoric acid groups is 1. The zero-order valence-electron chi connectivity index (χ0n) is 58.7. The molecular formula is C78H143N2O7P. The fourth-order valence-electron chi connectivity index (χ4n) is 10.8. The largest absolute Gasteiger partial charge is 0.756 e. The van der Waals surface area contributed by atoms with Crippen LogP contribution in [0.25, 0.3) is 0 Å². The van der Waals surface area contributed by atoms with Crippen molar-refractivity contribution in [1.29, 1.82) is 0 Å². The Labute approximate surface area is 546 Å². The maximum atomic E-state index is 13.6. The average Bonchev–Trinajstić information content (AvgIpc) is 3.61. The topological polar surface area (TPSA) is 114 Å². The Morgan fingerprint density at radius 2 is 0.693 bits per heavy atom. The molecule has 1 N–H and O–H groups in total. The summed E-state index contributed by atoms with van der Waals surface area (Å²) in [6.45, 7) is 6.82. The monoisotopic (exact) mass is 1250 g/mol. The van der Waals surface area contributed by atoms with Gasteiger partial charge in [0, 0.05) is 12.8 Å². The number of carbonyl (C=O) groups is 2. The highest BCUT2D eigenvalue weighted by Crippen LogP contribution is 2.38. The molecule has 88 heavy (non-hydrogen) atoms. The third kappa shape index (κ3) is 67.6. The molecule has 0 aromatic carbocycles. The minimum absolute atomic E-state index is 0.0249. The summed E-state index contributed by atoms with van der Waals surface area (Å²) in [7, 11) is 1.19. The van der Waals surface area contributed by atoms with Crippen LogP contribution >= 0.6 is 7.82 Å². The number of esters is 1. The normalized spacial score (nSPS) is 13.9. The summed E-state index contributed by atoms with van der Waals surface area (Å²) in [4.78, 5) is 40.3. The number of quaternary nitrogens is 1. The molecule has 0 bridgehead atoms. The first-order valence-corrected chi connectivity index (χ1v) is 38.9. The molecule has 0 saturated carbocycles. The summed E-state index contributed by atoms with van der Waals surface area (Å²) in [5.41, 5.74) is 0. The van der Waals surface area contributed by atoms with E-state index in [9.17, 15) is 19.0 Å². The summed E-state index contributed by atoms with van der Waals surface area (Å²) < 4.78 is 30.5. The highest BCUT2D eigenvalue weighted by molar-refractivity contribution is 7.45. The molecule has 3 atom stereocenters. The number of hydrogen-bond donors (Lipinski definition) is 1. The molecule has 0 aromatic heterocycles. The van der Waals surface area contributed by atoms with E-state index < -0.39 is 26.6 Å². The Hall–Kier alpha value is -2.81. The lowest BCUT2D eigenvalue weighted by molar-refractivity contribution is -0.870. The van der Waals surface area contributed by atoms with E-state index in [1.165, 1.54) is 218 Å². The van der Waals surface area contributed by atoms with E-state index in [0.717, 1.165) is 96.3 Å². The van der Waals surface area contributed by atoms with Crippen molar-refractivity contribution >= 4 is 19.7 Å². The van der Waals surface area contributed by atoms with Gasteiger partial charge < -0.3 is 28.5 Å². The molecule has 0 heterocycles. The maximum Gasteiger partial charge on any atom is 0.306 e. The number of nitrogens with one attached hydrogen (secondary N) is 1. The van der Waals surface area contributed by atoms with Crippen molar-refractivity contribution in [3.8, 4) is 0 Å². The average molecular weight is 1250 g/mol. The van der Waals surface area contributed by atoms with Gasteiger partial charge in [0.05, 0.1) is 33.8 Å². The number of phosphoric ester groups is 1. The van der Waals surface area contributed by atoms with E-state index in [0.29, 0.717) is 17.4 Å². The molecule has 3 unspecified atom stereocenters. The predicted molar refractivity (Wildman–Crippen MR) is 381 cm³/mol. The summed E-state index contributed by atoms with van der Waals surface area (Å²) in [5, 5.41) is 3.05. The fraction of sp³-hybridized carbons (Fsp3) is 0.795. The number of allylic oxidation sites excluding steroid dienone is 13. The Balaban J connectivity index is 5.00. The Morgan fingerprint density at radius 3 is 1.06 bits per heavy atom. The minimum Gasteiger partial charge on any atom is -0.756 e. The summed E-state index contributed by atoms with van der Waals surface area (Å²) in [5.74, 6) is -0.537. The highest BCUT2D eigenvalue weighted by atomic mass is 31.2. The van der Waals surface area contributed by atoms with Gasteiger partial charge in [-0.2, -0.15) is 0 Å². The van der Waals surface area contributed by atoms with E-state index >= 15 is 0 Å². The van der Waals surface area contributed by atoms with E-state index in [1.807, 2.05) is 33.3 Å². The van der Waals surface area contributed by atoms with Crippen molar-refractivity contribution in [2.45, 2.75) is 360 Å². The number of hydrogen-bond acceptors (Lipinski definition) is 7. The van der Waals surface area contributed by atoms with E-state index in [4.69, 9.17) is 13.8 Å². The van der Waals surface area contributed by atoms with Gasteiger partial charge in [0.2, 0.25) is 5.91 Å². The number of amides is 1. The first-order valence-electron chi connectivity index (χ1n) is 37.4. The molecule has 0 spiro atoms. The zero-order chi connectivity index (χ0) is 64.2. The molecule has 9 nitrogen and oxygen atoms in total. The third-order valence-electron chi connectivity index (χ3n) is 16.5. The number of rotatable bonds is 68. The number of ether oxygens (including phenoxy) is 1. The van der Waals surface area contributed by atoms with Crippen molar-refractivity contribution in [2.75, 3.05) is 40.9 Å². The summed E-state index contributed by atoms with van der Waals surface area (Å²) in [6.07, 6.45) is 89.9. The van der Waals surface area contributed by atoms with Gasteiger partial charge in [0.15, 0.2) is 0 Å². The van der Waals surface area contributed by atoms with Crippen LogP contribution in [0.4, 0.5) is 0 Å². The maximum absolute atomic E-state index is 13.6. The van der Waals surface area contributed by atoms with Crippen LogP contribution in [-0.4, -0.2) is 69.4 Å². The molecule has 0 aliphatic carbocycles. The van der Waals surface area contributed by atoms with Gasteiger partial charge in [-0.25, -0.2) is 0 Å². The predicted octanol–water partition coefficient (Wildman–Crippen LogP) is 23.4. The quantitative estimate of drug-likeness (QED) is 0.0212. The molecule has 0 radical (unpaired) electrons. The molecule has 0 aromatic rings. The minimum atomic E-state index is -4.71. The van der Waals surface area contributed by atoms with Crippen molar-refractivity contribution in [1.82, 2.24) is 5.32 Å². The van der Waals surface area contributed by atoms with Crippen molar-refractivity contribution in [3.63, 3.8) is 0 Å². The molecule has 0 aliphatic rings. The molecule has 0 saturated heterocycles.